The van der Waals surface area contributed by atoms with Gasteiger partial charge in [-0.05, 0) is 44.7 Å². The molecule has 2 aromatic rings. The van der Waals surface area contributed by atoms with Gasteiger partial charge < -0.3 is 20.9 Å². The van der Waals surface area contributed by atoms with Gasteiger partial charge in [-0.25, -0.2) is 4.79 Å². The molecule has 3 N–H and O–H groups in total. The highest BCUT2D eigenvalue weighted by Gasteiger charge is 2.22. The highest BCUT2D eigenvalue weighted by atomic mass is 16.2. The zero-order valence-electron chi connectivity index (χ0n) is 18.6. The van der Waals surface area contributed by atoms with Crippen molar-refractivity contribution < 1.29 is 9.59 Å². The number of hydrogen-bond donors (Lipinski definition) is 3. The zero-order valence-corrected chi connectivity index (χ0v) is 18.6. The van der Waals surface area contributed by atoms with Gasteiger partial charge in [-0.2, -0.15) is 0 Å². The number of nitrogens with one attached hydrogen (secondary N) is 3. The predicted molar refractivity (Wildman–Crippen MR) is 124 cm³/mol. The molecule has 3 rings (SSSR count). The molecule has 7 heteroatoms. The highest BCUT2D eigenvalue weighted by molar-refractivity contribution is 5.97. The first-order valence-corrected chi connectivity index (χ1v) is 10.8. The summed E-state index contributed by atoms with van der Waals surface area (Å²) in [6.07, 6.45) is 0. The Balaban J connectivity index is 1.70. The van der Waals surface area contributed by atoms with E-state index in [1.165, 1.54) is 0 Å². The summed E-state index contributed by atoms with van der Waals surface area (Å²) in [5.41, 5.74) is 2.18. The third-order valence-corrected chi connectivity index (χ3v) is 5.35. The summed E-state index contributed by atoms with van der Waals surface area (Å²) in [6.45, 7) is 8.59. The fourth-order valence-corrected chi connectivity index (χ4v) is 3.62. The maximum Gasteiger partial charge on any atom is 0.319 e. The van der Waals surface area contributed by atoms with E-state index in [-0.39, 0.29) is 24.0 Å². The van der Waals surface area contributed by atoms with Crippen LogP contribution in [0.1, 0.15) is 35.8 Å². The van der Waals surface area contributed by atoms with Gasteiger partial charge in [-0.15, -0.1) is 0 Å². The van der Waals surface area contributed by atoms with Gasteiger partial charge in [0.25, 0.3) is 5.91 Å². The molecular formula is C24H33N5O2. The van der Waals surface area contributed by atoms with E-state index in [2.05, 4.69) is 44.9 Å². The number of carbonyl (C=O) groups is 2. The first-order chi connectivity index (χ1) is 14.9. The molecule has 1 aliphatic rings. The Hall–Kier alpha value is -2.90. The number of nitrogens with zero attached hydrogens (tertiary/aromatic N) is 2. The summed E-state index contributed by atoms with van der Waals surface area (Å²) in [6, 6.07) is 16.7. The molecule has 1 heterocycles. The van der Waals surface area contributed by atoms with Crippen molar-refractivity contribution in [1.82, 2.24) is 20.4 Å². The van der Waals surface area contributed by atoms with Crippen LogP contribution in [0.3, 0.4) is 0 Å². The van der Waals surface area contributed by atoms with Crippen molar-refractivity contribution in [3.8, 4) is 0 Å². The van der Waals surface area contributed by atoms with Crippen molar-refractivity contribution in [2.24, 2.45) is 0 Å². The molecule has 0 radical (unpaired) electrons. The summed E-state index contributed by atoms with van der Waals surface area (Å²) in [5, 5.41) is 8.76. The summed E-state index contributed by atoms with van der Waals surface area (Å²) in [5.74, 6) is -0.157. The molecule has 0 bridgehead atoms. The SMILES string of the molecule is CC(C)NC(=O)Nc1cccc(C(=O)NC(CN2CCN(C)CC2)c2ccccc2)c1. The standard InChI is InChI=1S/C24H33N5O2/c1-18(2)25-24(31)26-21-11-7-10-20(16-21)23(30)27-22(19-8-5-4-6-9-19)17-29-14-12-28(3)13-15-29/h4-11,16,18,22H,12-15,17H2,1-3H3,(H,27,30)(H2,25,26,31). The largest absolute Gasteiger partial charge is 0.344 e. The topological polar surface area (TPSA) is 76.7 Å². The Morgan fingerprint density at radius 1 is 0.935 bits per heavy atom. The van der Waals surface area contributed by atoms with Crippen molar-refractivity contribution in [1.29, 1.82) is 0 Å². The number of urea groups is 1. The number of likely N-dealkylation sites (N-methyl/N-ethyl adjacent to an activating group) is 1. The average molecular weight is 424 g/mol. The van der Waals surface area contributed by atoms with Gasteiger partial charge in [-0.3, -0.25) is 9.69 Å². The van der Waals surface area contributed by atoms with Gasteiger partial charge in [0.15, 0.2) is 0 Å². The lowest BCUT2D eigenvalue weighted by Crippen LogP contribution is -2.47. The van der Waals surface area contributed by atoms with Crippen LogP contribution in [0, 0.1) is 0 Å². The summed E-state index contributed by atoms with van der Waals surface area (Å²) in [7, 11) is 2.14. The lowest BCUT2D eigenvalue weighted by atomic mass is 10.0. The maximum atomic E-state index is 13.1. The monoisotopic (exact) mass is 423 g/mol. The molecule has 0 spiro atoms. The van der Waals surface area contributed by atoms with Crippen LogP contribution < -0.4 is 16.0 Å². The van der Waals surface area contributed by atoms with Gasteiger partial charge >= 0.3 is 6.03 Å². The van der Waals surface area contributed by atoms with Gasteiger partial charge in [0.2, 0.25) is 0 Å². The van der Waals surface area contributed by atoms with Gasteiger partial charge in [-0.1, -0.05) is 36.4 Å². The Labute approximate surface area is 184 Å². The van der Waals surface area contributed by atoms with Crippen LogP contribution in [-0.2, 0) is 0 Å². The fourth-order valence-electron chi connectivity index (χ4n) is 3.62. The average Bonchev–Trinajstić information content (AvgIpc) is 2.75. The minimum atomic E-state index is -0.287. The van der Waals surface area contributed by atoms with Crippen molar-refractivity contribution >= 4 is 17.6 Å². The predicted octanol–water partition coefficient (Wildman–Crippen LogP) is 2.94. The fraction of sp³-hybridized carbons (Fsp3) is 0.417. The number of rotatable bonds is 7. The molecule has 1 saturated heterocycles. The number of amides is 3. The molecule has 0 saturated carbocycles. The second kappa shape index (κ2) is 10.9. The van der Waals surface area contributed by atoms with Crippen LogP contribution >= 0.6 is 0 Å². The number of piperazine rings is 1. The Kier molecular flexibility index (Phi) is 8.03. The summed E-state index contributed by atoms with van der Waals surface area (Å²) >= 11 is 0. The van der Waals surface area contributed by atoms with E-state index >= 15 is 0 Å². The number of hydrogen-bond acceptors (Lipinski definition) is 4. The third kappa shape index (κ3) is 7.08. The molecule has 1 unspecified atom stereocenters. The van der Waals surface area contributed by atoms with E-state index in [9.17, 15) is 9.59 Å². The minimum Gasteiger partial charge on any atom is -0.344 e. The van der Waals surface area contributed by atoms with Crippen molar-refractivity contribution in [3.05, 3.63) is 65.7 Å². The lowest BCUT2D eigenvalue weighted by molar-refractivity contribution is 0.0907. The Morgan fingerprint density at radius 2 is 1.65 bits per heavy atom. The molecule has 1 fully saturated rings. The van der Waals surface area contributed by atoms with Crippen LogP contribution in [0.15, 0.2) is 54.6 Å². The molecule has 3 amide bonds. The smallest absolute Gasteiger partial charge is 0.319 e. The normalized spacial score (nSPS) is 16.0. The molecular weight excluding hydrogens is 390 g/mol. The van der Waals surface area contributed by atoms with Crippen LogP contribution in [0.5, 0.6) is 0 Å². The van der Waals surface area contributed by atoms with E-state index in [4.69, 9.17) is 0 Å². The highest BCUT2D eigenvalue weighted by Crippen LogP contribution is 2.18. The van der Waals surface area contributed by atoms with E-state index in [1.807, 2.05) is 32.0 Å². The first kappa shape index (κ1) is 22.8. The van der Waals surface area contributed by atoms with Crippen LogP contribution in [0.4, 0.5) is 10.5 Å². The van der Waals surface area contributed by atoms with Crippen LogP contribution in [-0.4, -0.2) is 67.6 Å². The van der Waals surface area contributed by atoms with E-state index in [1.54, 1.807) is 24.3 Å². The van der Waals surface area contributed by atoms with Crippen molar-refractivity contribution in [2.75, 3.05) is 45.1 Å². The molecule has 166 valence electrons. The summed E-state index contributed by atoms with van der Waals surface area (Å²) in [4.78, 5) is 29.8. The number of carbonyl (C=O) groups excluding carboxylic acids is 2. The van der Waals surface area contributed by atoms with Crippen LogP contribution in [0.25, 0.3) is 0 Å². The molecule has 31 heavy (non-hydrogen) atoms. The summed E-state index contributed by atoms with van der Waals surface area (Å²) < 4.78 is 0. The van der Waals surface area contributed by atoms with E-state index in [0.717, 1.165) is 38.3 Å². The quantitative estimate of drug-likeness (QED) is 0.640. The molecule has 1 aliphatic heterocycles. The van der Waals surface area contributed by atoms with Crippen LogP contribution in [0.2, 0.25) is 0 Å². The van der Waals surface area contributed by atoms with Crippen molar-refractivity contribution in [3.63, 3.8) is 0 Å². The molecule has 2 aromatic carbocycles. The zero-order chi connectivity index (χ0) is 22.2. The molecule has 7 nitrogen and oxygen atoms in total. The maximum absolute atomic E-state index is 13.1. The van der Waals surface area contributed by atoms with Gasteiger partial charge in [0.1, 0.15) is 0 Å². The Bertz CT molecular complexity index is 863. The Morgan fingerprint density at radius 3 is 2.32 bits per heavy atom. The second-order valence-corrected chi connectivity index (χ2v) is 8.37. The molecule has 0 aliphatic carbocycles. The van der Waals surface area contributed by atoms with Crippen molar-refractivity contribution in [2.45, 2.75) is 25.9 Å². The molecule has 0 aromatic heterocycles. The number of benzene rings is 2. The molecule has 1 atom stereocenters. The van der Waals surface area contributed by atoms with E-state index < -0.39 is 0 Å². The first-order valence-electron chi connectivity index (χ1n) is 10.8. The second-order valence-electron chi connectivity index (χ2n) is 8.37. The number of anilines is 1. The minimum absolute atomic E-state index is 0.0349. The van der Waals surface area contributed by atoms with E-state index in [0.29, 0.717) is 11.3 Å². The lowest BCUT2D eigenvalue weighted by Gasteiger charge is -2.35. The van der Waals surface area contributed by atoms with Gasteiger partial charge in [0.05, 0.1) is 6.04 Å². The third-order valence-electron chi connectivity index (χ3n) is 5.35. The van der Waals surface area contributed by atoms with Gasteiger partial charge in [0, 0.05) is 50.0 Å².